The molecule has 3 aromatic rings. The van der Waals surface area contributed by atoms with Crippen LogP contribution in [0.1, 0.15) is 101 Å². The number of hydrogen-bond acceptors (Lipinski definition) is 10. The van der Waals surface area contributed by atoms with Crippen LogP contribution < -0.4 is 20.3 Å². The molecule has 0 bridgehead atoms. The SMILES string of the molecule is CC1(C)[C@H](NC(=O)c2ccc(N3CCC(N4CC(N5Cc6cc7c(cc6C5)C(=O)N(C5CCC(=O)NC5=O)C7=O)C4)CC3)cc2)C(C)(C)[C@H]1Oc1ccc(C#N)c(Cl)c1. The van der Waals surface area contributed by atoms with Crippen molar-refractivity contribution in [2.24, 2.45) is 10.8 Å². The minimum Gasteiger partial charge on any atom is -0.489 e. The number of carbonyl (C=O) groups is 5. The summed E-state index contributed by atoms with van der Waals surface area (Å²) in [6, 6.07) is 18.5. The molecule has 1 unspecified atom stereocenters. The number of carbonyl (C=O) groups excluding carboxylic acids is 5. The van der Waals surface area contributed by atoms with E-state index in [-0.39, 0.29) is 47.6 Å². The highest BCUT2D eigenvalue weighted by Gasteiger charge is 2.64. The fraction of sp³-hybridized carbons (Fsp3) is 0.467. The van der Waals surface area contributed by atoms with E-state index in [4.69, 9.17) is 16.3 Å². The van der Waals surface area contributed by atoms with Crippen LogP contribution in [0, 0.1) is 22.2 Å². The first-order chi connectivity index (χ1) is 28.1. The van der Waals surface area contributed by atoms with Crippen LogP contribution in [0.15, 0.2) is 54.6 Å². The minimum absolute atomic E-state index is 0.0984. The number of rotatable bonds is 8. The van der Waals surface area contributed by atoms with Gasteiger partial charge in [-0.15, -0.1) is 0 Å². The zero-order valence-corrected chi connectivity index (χ0v) is 34.5. The van der Waals surface area contributed by atoms with E-state index < -0.39 is 23.8 Å². The van der Waals surface area contributed by atoms with Crippen molar-refractivity contribution in [3.8, 4) is 11.8 Å². The maximum Gasteiger partial charge on any atom is 0.262 e. The lowest BCUT2D eigenvalue weighted by atomic mass is 9.49. The van der Waals surface area contributed by atoms with Crippen molar-refractivity contribution in [2.75, 3.05) is 31.1 Å². The van der Waals surface area contributed by atoms with Crippen molar-refractivity contribution in [2.45, 2.75) is 96.7 Å². The van der Waals surface area contributed by atoms with Gasteiger partial charge in [0.2, 0.25) is 11.8 Å². The Bertz CT molecular complexity index is 2260. The lowest BCUT2D eigenvalue weighted by Gasteiger charge is -2.63. The molecular formula is C45H48ClN7O6. The number of ether oxygens (including phenoxy) is 1. The minimum atomic E-state index is -0.961. The van der Waals surface area contributed by atoms with E-state index in [1.165, 1.54) is 0 Å². The van der Waals surface area contributed by atoms with Gasteiger partial charge in [-0.3, -0.25) is 44.0 Å². The number of halogens is 1. The Morgan fingerprint density at radius 3 is 2.05 bits per heavy atom. The van der Waals surface area contributed by atoms with Crippen LogP contribution in [0.3, 0.4) is 0 Å². The lowest BCUT2D eigenvalue weighted by Crippen LogP contribution is -2.74. The highest BCUT2D eigenvalue weighted by molar-refractivity contribution is 6.31. The molecule has 59 heavy (non-hydrogen) atoms. The highest BCUT2D eigenvalue weighted by Crippen LogP contribution is 2.55. The van der Waals surface area contributed by atoms with E-state index in [2.05, 4.69) is 59.1 Å². The van der Waals surface area contributed by atoms with Gasteiger partial charge in [0.15, 0.2) is 0 Å². The van der Waals surface area contributed by atoms with Crippen molar-refractivity contribution < 1.29 is 28.7 Å². The molecule has 2 N–H and O–H groups in total. The van der Waals surface area contributed by atoms with Crippen molar-refractivity contribution in [3.05, 3.63) is 93.0 Å². The molecule has 5 aliphatic heterocycles. The number of hydrogen-bond donors (Lipinski definition) is 2. The third-order valence-corrected chi connectivity index (χ3v) is 14.1. The quantitative estimate of drug-likeness (QED) is 0.300. The molecule has 6 aliphatic rings. The number of anilines is 1. The van der Waals surface area contributed by atoms with Gasteiger partial charge in [-0.25, -0.2) is 0 Å². The van der Waals surface area contributed by atoms with Gasteiger partial charge in [-0.05, 0) is 78.9 Å². The van der Waals surface area contributed by atoms with Gasteiger partial charge in [0, 0.05) is 92.0 Å². The highest BCUT2D eigenvalue weighted by atomic mass is 35.5. The van der Waals surface area contributed by atoms with Crippen LogP contribution in [0.4, 0.5) is 5.69 Å². The van der Waals surface area contributed by atoms with Crippen molar-refractivity contribution >= 4 is 46.8 Å². The number of likely N-dealkylation sites (tertiary alicyclic amines) is 1. The molecule has 0 spiro atoms. The third-order valence-electron chi connectivity index (χ3n) is 13.8. The smallest absolute Gasteiger partial charge is 0.262 e. The Labute approximate surface area is 348 Å². The summed E-state index contributed by atoms with van der Waals surface area (Å²) in [4.78, 5) is 72.7. The third kappa shape index (κ3) is 6.66. The van der Waals surface area contributed by atoms with E-state index in [0.29, 0.717) is 58.2 Å². The average Bonchev–Trinajstić information content (AvgIpc) is 3.71. The summed E-state index contributed by atoms with van der Waals surface area (Å²) in [5, 5.41) is 15.1. The van der Waals surface area contributed by atoms with Gasteiger partial charge >= 0.3 is 0 Å². The summed E-state index contributed by atoms with van der Waals surface area (Å²) < 4.78 is 6.38. The molecule has 9 rings (SSSR count). The summed E-state index contributed by atoms with van der Waals surface area (Å²) in [6.45, 7) is 13.7. The Hall–Kier alpha value is -5.29. The maximum atomic E-state index is 13.5. The molecule has 1 aliphatic carbocycles. The molecule has 0 radical (unpaired) electrons. The second-order valence-corrected chi connectivity index (χ2v) is 18.6. The Kier molecular flexibility index (Phi) is 9.61. The number of benzene rings is 3. The van der Waals surface area contributed by atoms with Gasteiger partial charge in [0.25, 0.3) is 17.7 Å². The van der Waals surface area contributed by atoms with Crippen LogP contribution >= 0.6 is 11.6 Å². The van der Waals surface area contributed by atoms with E-state index in [9.17, 15) is 29.2 Å². The van der Waals surface area contributed by atoms with Crippen molar-refractivity contribution in [1.29, 1.82) is 5.26 Å². The molecule has 3 saturated heterocycles. The number of nitrogens with one attached hydrogen (secondary N) is 2. The van der Waals surface area contributed by atoms with E-state index in [1.54, 1.807) is 18.2 Å². The Balaban J connectivity index is 0.739. The normalized spacial score (nSPS) is 25.5. The molecule has 1 saturated carbocycles. The van der Waals surface area contributed by atoms with Crippen LogP contribution in [-0.2, 0) is 22.7 Å². The summed E-state index contributed by atoms with van der Waals surface area (Å²) in [5.74, 6) is -1.43. The molecule has 3 aromatic carbocycles. The van der Waals surface area contributed by atoms with Crippen molar-refractivity contribution in [1.82, 2.24) is 25.3 Å². The molecule has 13 nitrogen and oxygen atoms in total. The molecular weight excluding hydrogens is 770 g/mol. The zero-order valence-electron chi connectivity index (χ0n) is 33.7. The second-order valence-electron chi connectivity index (χ2n) is 18.2. The maximum absolute atomic E-state index is 13.5. The van der Waals surface area contributed by atoms with Crippen LogP contribution in [0.5, 0.6) is 5.75 Å². The largest absolute Gasteiger partial charge is 0.489 e. The second kappa shape index (κ2) is 14.5. The van der Waals surface area contributed by atoms with Gasteiger partial charge in [0.05, 0.1) is 21.7 Å². The summed E-state index contributed by atoms with van der Waals surface area (Å²) in [6.07, 6.45) is 2.17. The molecule has 306 valence electrons. The van der Waals surface area contributed by atoms with Crippen molar-refractivity contribution in [3.63, 3.8) is 0 Å². The monoisotopic (exact) mass is 817 g/mol. The zero-order chi connectivity index (χ0) is 41.5. The molecule has 1 atom stereocenters. The molecule has 5 heterocycles. The number of piperidine rings is 2. The van der Waals surface area contributed by atoms with Crippen LogP contribution in [-0.4, -0.2) is 101 Å². The van der Waals surface area contributed by atoms with E-state index in [0.717, 1.165) is 60.7 Å². The summed E-state index contributed by atoms with van der Waals surface area (Å²) in [7, 11) is 0. The summed E-state index contributed by atoms with van der Waals surface area (Å²) >= 11 is 6.25. The topological polar surface area (TPSA) is 155 Å². The lowest BCUT2D eigenvalue weighted by molar-refractivity contribution is -0.164. The molecule has 4 fully saturated rings. The fourth-order valence-electron chi connectivity index (χ4n) is 10.8. The summed E-state index contributed by atoms with van der Waals surface area (Å²) in [5.41, 5.74) is 4.20. The number of nitriles is 1. The molecule has 14 heteroatoms. The Morgan fingerprint density at radius 1 is 0.847 bits per heavy atom. The van der Waals surface area contributed by atoms with Gasteiger partial charge in [-0.1, -0.05) is 39.3 Å². The fourth-order valence-corrected chi connectivity index (χ4v) is 11.0. The van der Waals surface area contributed by atoms with Gasteiger partial charge < -0.3 is 15.0 Å². The number of imide groups is 2. The number of nitrogens with zero attached hydrogens (tertiary/aromatic N) is 5. The first kappa shape index (κ1) is 39.2. The standard InChI is InChI=1S/C45H48ClN7O6/c1-44(2)42(45(3,4)43(44)59-32-10-7-26(20-47)35(46)19-32)49-38(55)25-5-8-29(9-6-25)50-15-13-30(14-16-50)52-23-31(24-52)51-21-27-17-33-34(18-28(27)22-51)41(58)53(40(33)57)36-11-12-37(54)48-39(36)56/h5-10,17-19,30-31,36,42-43H,11-16,21-24H2,1-4H3,(H,49,55)(H,48,54,56)/t36?,42-,43-. The molecule has 0 aromatic heterocycles. The van der Waals surface area contributed by atoms with Crippen LogP contribution in [0.25, 0.3) is 0 Å². The van der Waals surface area contributed by atoms with E-state index in [1.807, 2.05) is 36.4 Å². The van der Waals surface area contributed by atoms with Gasteiger partial charge in [0.1, 0.15) is 24.0 Å². The Morgan fingerprint density at radius 2 is 1.47 bits per heavy atom. The average molecular weight is 818 g/mol. The van der Waals surface area contributed by atoms with Gasteiger partial charge in [-0.2, -0.15) is 5.26 Å². The predicted octanol–water partition coefficient (Wildman–Crippen LogP) is 4.89. The van der Waals surface area contributed by atoms with E-state index >= 15 is 0 Å². The molecule has 5 amide bonds. The number of fused-ring (bicyclic) bond motifs is 2. The van der Waals surface area contributed by atoms with Crippen LogP contribution in [0.2, 0.25) is 5.02 Å². The number of amides is 5. The predicted molar refractivity (Wildman–Crippen MR) is 219 cm³/mol. The first-order valence-corrected chi connectivity index (χ1v) is 20.9. The first-order valence-electron chi connectivity index (χ1n) is 20.5.